The van der Waals surface area contributed by atoms with Crippen LogP contribution in [0, 0.1) is 0 Å². The molecule has 0 aliphatic heterocycles. The highest BCUT2D eigenvalue weighted by Crippen LogP contribution is 2.18. The SMILES string of the molecule is C=C([C@H](C)OC(C)=O)[Si](C)(C)C. The molecule has 0 unspecified atom stereocenters. The third-order valence-electron chi connectivity index (χ3n) is 1.80. The number of rotatable bonds is 3. The van der Waals surface area contributed by atoms with E-state index in [1.54, 1.807) is 0 Å². The van der Waals surface area contributed by atoms with Crippen molar-refractivity contribution >= 4 is 14.0 Å². The zero-order valence-corrected chi connectivity index (χ0v) is 9.60. The minimum absolute atomic E-state index is 0.130. The van der Waals surface area contributed by atoms with Crippen LogP contribution in [0.2, 0.25) is 19.6 Å². The monoisotopic (exact) mass is 186 g/mol. The first-order valence-corrected chi connectivity index (χ1v) is 7.61. The Balaban J connectivity index is 4.21. The lowest BCUT2D eigenvalue weighted by Crippen LogP contribution is -2.32. The van der Waals surface area contributed by atoms with E-state index in [0.29, 0.717) is 0 Å². The Bertz CT molecular complexity index is 191. The molecule has 0 spiro atoms. The van der Waals surface area contributed by atoms with E-state index in [4.69, 9.17) is 4.74 Å². The van der Waals surface area contributed by atoms with Crippen molar-refractivity contribution in [2.75, 3.05) is 0 Å². The van der Waals surface area contributed by atoms with Crippen LogP contribution in [0.1, 0.15) is 13.8 Å². The zero-order chi connectivity index (χ0) is 9.94. The Morgan fingerprint density at radius 1 is 1.42 bits per heavy atom. The molecular formula is C9H18O2Si. The van der Waals surface area contributed by atoms with Gasteiger partial charge in [-0.3, -0.25) is 4.79 Å². The van der Waals surface area contributed by atoms with Crippen molar-refractivity contribution in [1.82, 2.24) is 0 Å². The summed E-state index contributed by atoms with van der Waals surface area (Å²) >= 11 is 0. The molecule has 12 heavy (non-hydrogen) atoms. The van der Waals surface area contributed by atoms with Crippen molar-refractivity contribution in [3.8, 4) is 0 Å². The Morgan fingerprint density at radius 2 is 1.83 bits per heavy atom. The first-order valence-electron chi connectivity index (χ1n) is 4.11. The van der Waals surface area contributed by atoms with Crippen LogP contribution in [-0.2, 0) is 9.53 Å². The topological polar surface area (TPSA) is 26.3 Å². The molecule has 0 saturated heterocycles. The molecule has 0 fully saturated rings. The van der Waals surface area contributed by atoms with E-state index in [1.165, 1.54) is 6.92 Å². The summed E-state index contributed by atoms with van der Waals surface area (Å²) in [4.78, 5) is 10.6. The molecule has 3 heteroatoms. The van der Waals surface area contributed by atoms with Crippen LogP contribution in [0.25, 0.3) is 0 Å². The lowest BCUT2D eigenvalue weighted by Gasteiger charge is -2.24. The van der Waals surface area contributed by atoms with Crippen molar-refractivity contribution in [3.05, 3.63) is 11.8 Å². The summed E-state index contributed by atoms with van der Waals surface area (Å²) in [6, 6.07) is 0. The molecule has 0 aromatic carbocycles. The Labute approximate surface area is 75.6 Å². The molecule has 0 aromatic rings. The number of hydrogen-bond acceptors (Lipinski definition) is 2. The average Bonchev–Trinajstić information content (AvgIpc) is 1.82. The maximum Gasteiger partial charge on any atom is 0.303 e. The molecule has 0 N–H and O–H groups in total. The molecule has 2 nitrogen and oxygen atoms in total. The summed E-state index contributed by atoms with van der Waals surface area (Å²) in [7, 11) is -1.36. The smallest absolute Gasteiger partial charge is 0.303 e. The van der Waals surface area contributed by atoms with Crippen molar-refractivity contribution in [2.24, 2.45) is 0 Å². The molecule has 0 radical (unpaired) electrons. The van der Waals surface area contributed by atoms with Gasteiger partial charge in [-0.15, -0.1) is 6.58 Å². The molecule has 0 bridgehead atoms. The van der Waals surface area contributed by atoms with Crippen molar-refractivity contribution in [3.63, 3.8) is 0 Å². The molecule has 0 amide bonds. The number of carbonyl (C=O) groups is 1. The third kappa shape index (κ3) is 3.71. The number of carbonyl (C=O) groups excluding carboxylic acids is 1. The number of hydrogen-bond donors (Lipinski definition) is 0. The van der Waals surface area contributed by atoms with Gasteiger partial charge in [-0.25, -0.2) is 0 Å². The van der Waals surface area contributed by atoms with Gasteiger partial charge in [-0.2, -0.15) is 0 Å². The van der Waals surface area contributed by atoms with E-state index in [2.05, 4.69) is 26.2 Å². The Kier molecular flexibility index (Phi) is 3.71. The minimum Gasteiger partial charge on any atom is -0.459 e. The van der Waals surface area contributed by atoms with Crippen LogP contribution >= 0.6 is 0 Å². The second-order valence-corrected chi connectivity index (χ2v) is 9.17. The fourth-order valence-electron chi connectivity index (χ4n) is 0.930. The molecular weight excluding hydrogens is 168 g/mol. The summed E-state index contributed by atoms with van der Waals surface area (Å²) in [5.74, 6) is -0.234. The van der Waals surface area contributed by atoms with Gasteiger partial charge in [0.2, 0.25) is 0 Å². The van der Waals surface area contributed by atoms with E-state index >= 15 is 0 Å². The predicted molar refractivity (Wildman–Crippen MR) is 53.7 cm³/mol. The maximum absolute atomic E-state index is 10.6. The highest BCUT2D eigenvalue weighted by Gasteiger charge is 2.23. The van der Waals surface area contributed by atoms with Gasteiger partial charge in [0, 0.05) is 6.92 Å². The van der Waals surface area contributed by atoms with Crippen LogP contribution < -0.4 is 0 Å². The van der Waals surface area contributed by atoms with Gasteiger partial charge in [0.05, 0.1) is 8.07 Å². The molecule has 0 saturated carbocycles. The number of ether oxygens (including phenoxy) is 1. The molecule has 0 aliphatic carbocycles. The van der Waals surface area contributed by atoms with E-state index in [1.807, 2.05) is 6.92 Å². The fraction of sp³-hybridized carbons (Fsp3) is 0.667. The second-order valence-electron chi connectivity index (χ2n) is 4.03. The molecule has 1 atom stereocenters. The fourth-order valence-corrected chi connectivity index (χ4v) is 2.21. The predicted octanol–water partition coefficient (Wildman–Crippen LogP) is 2.37. The average molecular weight is 186 g/mol. The van der Waals surface area contributed by atoms with Crippen LogP contribution in [0.5, 0.6) is 0 Å². The van der Waals surface area contributed by atoms with E-state index in [0.717, 1.165) is 5.20 Å². The van der Waals surface area contributed by atoms with Crippen LogP contribution in [0.3, 0.4) is 0 Å². The largest absolute Gasteiger partial charge is 0.459 e. The lowest BCUT2D eigenvalue weighted by molar-refractivity contribution is -0.143. The summed E-state index contributed by atoms with van der Waals surface area (Å²) in [5.41, 5.74) is 0. The van der Waals surface area contributed by atoms with Gasteiger partial charge >= 0.3 is 5.97 Å². The Hall–Kier alpha value is -0.573. The van der Waals surface area contributed by atoms with Crippen LogP contribution in [-0.4, -0.2) is 20.1 Å². The molecule has 0 aliphatic rings. The van der Waals surface area contributed by atoms with E-state index in [9.17, 15) is 4.79 Å². The summed E-state index contributed by atoms with van der Waals surface area (Å²) in [6.07, 6.45) is -0.130. The third-order valence-corrected chi connectivity index (χ3v) is 4.13. The minimum atomic E-state index is -1.36. The number of esters is 1. The van der Waals surface area contributed by atoms with Crippen molar-refractivity contribution in [2.45, 2.75) is 39.6 Å². The lowest BCUT2D eigenvalue weighted by atomic mass is 10.4. The second kappa shape index (κ2) is 3.89. The molecule has 0 heterocycles. The quantitative estimate of drug-likeness (QED) is 0.499. The van der Waals surface area contributed by atoms with E-state index < -0.39 is 8.07 Å². The highest BCUT2D eigenvalue weighted by atomic mass is 28.3. The molecule has 0 aromatic heterocycles. The van der Waals surface area contributed by atoms with Crippen LogP contribution in [0.15, 0.2) is 11.8 Å². The van der Waals surface area contributed by atoms with Gasteiger partial charge in [0.25, 0.3) is 0 Å². The van der Waals surface area contributed by atoms with Gasteiger partial charge < -0.3 is 4.74 Å². The summed E-state index contributed by atoms with van der Waals surface area (Å²) in [5, 5.41) is 1.08. The van der Waals surface area contributed by atoms with Gasteiger partial charge in [-0.05, 0) is 12.1 Å². The first-order chi connectivity index (χ1) is 5.25. The molecule has 70 valence electrons. The molecule has 0 rings (SSSR count). The highest BCUT2D eigenvalue weighted by molar-refractivity contribution is 6.83. The Morgan fingerprint density at radius 3 is 2.08 bits per heavy atom. The first kappa shape index (κ1) is 11.4. The normalized spacial score (nSPS) is 13.8. The van der Waals surface area contributed by atoms with Crippen molar-refractivity contribution in [1.29, 1.82) is 0 Å². The van der Waals surface area contributed by atoms with Crippen molar-refractivity contribution < 1.29 is 9.53 Å². The van der Waals surface area contributed by atoms with Gasteiger partial charge in [0.1, 0.15) is 6.10 Å². The van der Waals surface area contributed by atoms with Crippen LogP contribution in [0.4, 0.5) is 0 Å². The summed E-state index contributed by atoms with van der Waals surface area (Å²) in [6.45, 7) is 13.8. The maximum atomic E-state index is 10.6. The van der Waals surface area contributed by atoms with E-state index in [-0.39, 0.29) is 12.1 Å². The van der Waals surface area contributed by atoms with Gasteiger partial charge in [-0.1, -0.05) is 19.6 Å². The zero-order valence-electron chi connectivity index (χ0n) is 8.60. The summed E-state index contributed by atoms with van der Waals surface area (Å²) < 4.78 is 5.03. The standard InChI is InChI=1S/C9H18O2Si/c1-7(11-9(3)10)8(2)12(4,5)6/h7H,2H2,1,3-6H3/t7-/m0/s1. The van der Waals surface area contributed by atoms with Gasteiger partial charge in [0.15, 0.2) is 0 Å².